The maximum atomic E-state index is 12.2. The molecule has 0 radical (unpaired) electrons. The van der Waals surface area contributed by atoms with Gasteiger partial charge in [-0.25, -0.2) is 0 Å². The largest absolute Gasteiger partial charge is 0.454 e. The van der Waals surface area contributed by atoms with Crippen LogP contribution >= 0.6 is 11.6 Å². The number of hydrogen-bond donors (Lipinski definition) is 0. The standard InChI is InChI=1S/C14H16ClNO3/c15-11-8-14-13(18-9-19-14)7-10(11)12(17)3-6-16-4-1-2-5-16/h7-8H,1-6,9H2. The number of likely N-dealkylation sites (tertiary alicyclic amines) is 1. The zero-order chi connectivity index (χ0) is 13.2. The van der Waals surface area contributed by atoms with Crippen LogP contribution in [0.4, 0.5) is 0 Å². The zero-order valence-corrected chi connectivity index (χ0v) is 11.4. The average Bonchev–Trinajstić information content (AvgIpc) is 3.05. The van der Waals surface area contributed by atoms with Crippen LogP contribution in [-0.4, -0.2) is 37.1 Å². The van der Waals surface area contributed by atoms with E-state index >= 15 is 0 Å². The molecule has 2 aliphatic heterocycles. The Morgan fingerprint density at radius 2 is 1.89 bits per heavy atom. The molecule has 102 valence electrons. The smallest absolute Gasteiger partial charge is 0.231 e. The van der Waals surface area contributed by atoms with Gasteiger partial charge in [0.15, 0.2) is 17.3 Å². The van der Waals surface area contributed by atoms with Crippen LogP contribution in [0, 0.1) is 0 Å². The number of carbonyl (C=O) groups is 1. The minimum Gasteiger partial charge on any atom is -0.454 e. The van der Waals surface area contributed by atoms with Crippen LogP contribution in [0.15, 0.2) is 12.1 Å². The third-order valence-corrected chi connectivity index (χ3v) is 3.93. The Hall–Kier alpha value is -1.26. The Bertz CT molecular complexity index is 498. The quantitative estimate of drug-likeness (QED) is 0.796. The molecule has 1 aromatic carbocycles. The van der Waals surface area contributed by atoms with Gasteiger partial charge in [0.05, 0.1) is 5.02 Å². The van der Waals surface area contributed by atoms with Gasteiger partial charge in [-0.2, -0.15) is 0 Å². The van der Waals surface area contributed by atoms with Gasteiger partial charge in [-0.1, -0.05) is 11.6 Å². The van der Waals surface area contributed by atoms with Crippen LogP contribution in [-0.2, 0) is 0 Å². The molecule has 0 bridgehead atoms. The topological polar surface area (TPSA) is 38.8 Å². The lowest BCUT2D eigenvalue weighted by atomic mass is 10.1. The van der Waals surface area contributed by atoms with E-state index in [2.05, 4.69) is 4.90 Å². The molecular weight excluding hydrogens is 266 g/mol. The van der Waals surface area contributed by atoms with Crippen LogP contribution in [0.5, 0.6) is 11.5 Å². The third-order valence-electron chi connectivity index (χ3n) is 3.62. The second-order valence-corrected chi connectivity index (χ2v) is 5.31. The van der Waals surface area contributed by atoms with Crippen molar-refractivity contribution in [2.45, 2.75) is 19.3 Å². The Morgan fingerprint density at radius 1 is 1.21 bits per heavy atom. The number of benzene rings is 1. The Kier molecular flexibility index (Phi) is 3.62. The minimum atomic E-state index is 0.0650. The number of ketones is 1. The van der Waals surface area contributed by atoms with E-state index in [1.54, 1.807) is 12.1 Å². The lowest BCUT2D eigenvalue weighted by Gasteiger charge is -2.13. The molecule has 0 N–H and O–H groups in total. The molecule has 5 heteroatoms. The molecule has 1 saturated heterocycles. The lowest BCUT2D eigenvalue weighted by Crippen LogP contribution is -2.22. The monoisotopic (exact) mass is 281 g/mol. The summed E-state index contributed by atoms with van der Waals surface area (Å²) in [4.78, 5) is 14.5. The summed E-state index contributed by atoms with van der Waals surface area (Å²) in [5, 5.41) is 0.440. The van der Waals surface area contributed by atoms with E-state index in [9.17, 15) is 4.79 Å². The molecule has 4 nitrogen and oxygen atoms in total. The number of nitrogens with zero attached hydrogens (tertiary/aromatic N) is 1. The summed E-state index contributed by atoms with van der Waals surface area (Å²) in [6, 6.07) is 3.35. The molecule has 1 aromatic rings. The molecule has 0 saturated carbocycles. The number of rotatable bonds is 4. The molecule has 0 unspecified atom stereocenters. The predicted molar refractivity (Wildman–Crippen MR) is 72.2 cm³/mol. The van der Waals surface area contributed by atoms with Crippen molar-refractivity contribution < 1.29 is 14.3 Å². The number of halogens is 1. The van der Waals surface area contributed by atoms with Crippen LogP contribution in [0.2, 0.25) is 5.02 Å². The normalized spacial score (nSPS) is 17.9. The van der Waals surface area contributed by atoms with E-state index in [1.165, 1.54) is 12.8 Å². The molecule has 0 aromatic heterocycles. The van der Waals surface area contributed by atoms with E-state index in [0.717, 1.165) is 19.6 Å². The van der Waals surface area contributed by atoms with E-state index in [-0.39, 0.29) is 12.6 Å². The van der Waals surface area contributed by atoms with Gasteiger partial charge in [-0.3, -0.25) is 4.79 Å². The summed E-state index contributed by atoms with van der Waals surface area (Å²) in [5.74, 6) is 1.28. The molecule has 0 atom stereocenters. The lowest BCUT2D eigenvalue weighted by molar-refractivity contribution is 0.0968. The predicted octanol–water partition coefficient (Wildman–Crippen LogP) is 2.74. The summed E-state index contributed by atoms with van der Waals surface area (Å²) >= 11 is 6.13. The Labute approximate surface area is 117 Å². The Balaban J connectivity index is 1.69. The van der Waals surface area contributed by atoms with Crippen LogP contribution < -0.4 is 9.47 Å². The van der Waals surface area contributed by atoms with Gasteiger partial charge >= 0.3 is 0 Å². The maximum absolute atomic E-state index is 12.2. The van der Waals surface area contributed by atoms with Gasteiger partial charge in [-0.15, -0.1) is 0 Å². The molecule has 3 rings (SSSR count). The second kappa shape index (κ2) is 5.39. The summed E-state index contributed by atoms with van der Waals surface area (Å²) < 4.78 is 10.5. The fraction of sp³-hybridized carbons (Fsp3) is 0.500. The van der Waals surface area contributed by atoms with Crippen molar-refractivity contribution in [2.24, 2.45) is 0 Å². The van der Waals surface area contributed by atoms with Gasteiger partial charge < -0.3 is 14.4 Å². The van der Waals surface area contributed by atoms with E-state index in [4.69, 9.17) is 21.1 Å². The van der Waals surface area contributed by atoms with Gasteiger partial charge in [0, 0.05) is 24.6 Å². The summed E-state index contributed by atoms with van der Waals surface area (Å²) in [6.07, 6.45) is 2.97. The fourth-order valence-electron chi connectivity index (χ4n) is 2.53. The van der Waals surface area contributed by atoms with E-state index in [1.807, 2.05) is 0 Å². The third kappa shape index (κ3) is 2.69. The van der Waals surface area contributed by atoms with Crippen molar-refractivity contribution in [2.75, 3.05) is 26.4 Å². The number of ether oxygens (including phenoxy) is 2. The summed E-state index contributed by atoms with van der Waals surface area (Å²) in [7, 11) is 0. The SMILES string of the molecule is O=C(CCN1CCCC1)c1cc2c(cc1Cl)OCO2. The molecule has 0 amide bonds. The van der Waals surface area contributed by atoms with Gasteiger partial charge in [-0.05, 0) is 32.0 Å². The highest BCUT2D eigenvalue weighted by Crippen LogP contribution is 2.37. The molecule has 2 aliphatic rings. The number of carbonyl (C=O) groups excluding carboxylic acids is 1. The average molecular weight is 282 g/mol. The first-order valence-corrected chi connectivity index (χ1v) is 6.96. The molecule has 19 heavy (non-hydrogen) atoms. The van der Waals surface area contributed by atoms with E-state index in [0.29, 0.717) is 28.5 Å². The number of fused-ring (bicyclic) bond motifs is 1. The molecule has 0 spiro atoms. The summed E-state index contributed by atoms with van der Waals surface area (Å²) in [6.45, 7) is 3.20. The molecular formula is C14H16ClNO3. The zero-order valence-electron chi connectivity index (χ0n) is 10.7. The first kappa shape index (κ1) is 12.8. The number of Topliss-reactive ketones (excluding diaryl/α,β-unsaturated/α-hetero) is 1. The fourth-order valence-corrected chi connectivity index (χ4v) is 2.79. The minimum absolute atomic E-state index is 0.0650. The van der Waals surface area contributed by atoms with Gasteiger partial charge in [0.1, 0.15) is 0 Å². The van der Waals surface area contributed by atoms with Crippen LogP contribution in [0.1, 0.15) is 29.6 Å². The van der Waals surface area contributed by atoms with Crippen molar-refractivity contribution in [3.05, 3.63) is 22.7 Å². The van der Waals surface area contributed by atoms with Crippen molar-refractivity contribution >= 4 is 17.4 Å². The van der Waals surface area contributed by atoms with Crippen molar-refractivity contribution in [3.8, 4) is 11.5 Å². The van der Waals surface area contributed by atoms with E-state index < -0.39 is 0 Å². The van der Waals surface area contributed by atoms with Crippen molar-refractivity contribution in [1.29, 1.82) is 0 Å². The molecule has 1 fully saturated rings. The maximum Gasteiger partial charge on any atom is 0.231 e. The highest BCUT2D eigenvalue weighted by molar-refractivity contribution is 6.34. The number of hydrogen-bond acceptors (Lipinski definition) is 4. The van der Waals surface area contributed by atoms with Gasteiger partial charge in [0.2, 0.25) is 6.79 Å². The highest BCUT2D eigenvalue weighted by Gasteiger charge is 2.21. The van der Waals surface area contributed by atoms with Crippen LogP contribution in [0.25, 0.3) is 0 Å². The first-order valence-electron chi connectivity index (χ1n) is 6.59. The van der Waals surface area contributed by atoms with Crippen LogP contribution in [0.3, 0.4) is 0 Å². The molecule has 0 aliphatic carbocycles. The summed E-state index contributed by atoms with van der Waals surface area (Å²) in [5.41, 5.74) is 0.533. The second-order valence-electron chi connectivity index (χ2n) is 4.91. The highest BCUT2D eigenvalue weighted by atomic mass is 35.5. The van der Waals surface area contributed by atoms with Crippen molar-refractivity contribution in [3.63, 3.8) is 0 Å². The first-order chi connectivity index (χ1) is 9.24. The molecule has 2 heterocycles. The van der Waals surface area contributed by atoms with Gasteiger partial charge in [0.25, 0.3) is 0 Å². The Morgan fingerprint density at radius 3 is 2.63 bits per heavy atom. The van der Waals surface area contributed by atoms with Crippen molar-refractivity contribution in [1.82, 2.24) is 4.90 Å².